The maximum Gasteiger partial charge on any atom is 0.416 e. The Kier molecular flexibility index (Phi) is 7.32. The quantitative estimate of drug-likeness (QED) is 0.329. The highest BCUT2D eigenvalue weighted by molar-refractivity contribution is 8.22. The number of ketones is 2. The van der Waals surface area contributed by atoms with E-state index in [0.717, 1.165) is 18.2 Å². The van der Waals surface area contributed by atoms with Gasteiger partial charge in [-0.15, -0.1) is 0 Å². The van der Waals surface area contributed by atoms with Crippen LogP contribution in [0.4, 0.5) is 13.2 Å². The van der Waals surface area contributed by atoms with Crippen molar-refractivity contribution in [2.24, 2.45) is 0 Å². The third kappa shape index (κ3) is 5.16. The molecule has 2 aliphatic rings. The molecule has 7 nitrogen and oxygen atoms in total. The SMILES string of the molecule is O=C1c2cccc(O)c2C(=O)c2c(O)cc(C(=O)N3CCN(C(=S)SCc4ccc(C(F)(F)F)cc4)CC3)cc21. The number of amides is 1. The summed E-state index contributed by atoms with van der Waals surface area (Å²) in [5.41, 5.74) is -0.505. The topological polar surface area (TPSA) is 98.1 Å². The molecule has 1 aliphatic heterocycles. The Morgan fingerprint density at radius 1 is 0.850 bits per heavy atom. The minimum Gasteiger partial charge on any atom is -0.507 e. The van der Waals surface area contributed by atoms with Crippen LogP contribution in [0.3, 0.4) is 0 Å². The Hall–Kier alpha value is -3.90. The van der Waals surface area contributed by atoms with Crippen LogP contribution in [0.2, 0.25) is 0 Å². The highest BCUT2D eigenvalue weighted by atomic mass is 32.2. The Bertz CT molecular complexity index is 1550. The number of carbonyl (C=O) groups is 3. The van der Waals surface area contributed by atoms with Gasteiger partial charge in [0.15, 0.2) is 5.78 Å². The van der Waals surface area contributed by atoms with Gasteiger partial charge in [-0.2, -0.15) is 13.2 Å². The van der Waals surface area contributed by atoms with Crippen molar-refractivity contribution in [2.45, 2.75) is 11.9 Å². The molecule has 3 aromatic carbocycles. The number of rotatable bonds is 3. The van der Waals surface area contributed by atoms with Crippen molar-refractivity contribution in [1.82, 2.24) is 9.80 Å². The highest BCUT2D eigenvalue weighted by Crippen LogP contribution is 2.37. The molecular formula is C28H21F3N2O5S2. The van der Waals surface area contributed by atoms with Crippen molar-refractivity contribution in [3.63, 3.8) is 0 Å². The van der Waals surface area contributed by atoms with Gasteiger partial charge in [0.25, 0.3) is 5.91 Å². The molecular weight excluding hydrogens is 565 g/mol. The van der Waals surface area contributed by atoms with Gasteiger partial charge in [-0.1, -0.05) is 48.2 Å². The summed E-state index contributed by atoms with van der Waals surface area (Å²) in [6, 6.07) is 11.5. The molecule has 1 aliphatic carbocycles. The summed E-state index contributed by atoms with van der Waals surface area (Å²) in [5.74, 6) is -2.19. The first-order valence-electron chi connectivity index (χ1n) is 12.1. The number of piperazine rings is 1. The zero-order valence-electron chi connectivity index (χ0n) is 20.7. The van der Waals surface area contributed by atoms with Gasteiger partial charge in [-0.05, 0) is 35.9 Å². The Labute approximate surface area is 236 Å². The van der Waals surface area contributed by atoms with Gasteiger partial charge >= 0.3 is 6.18 Å². The third-order valence-electron chi connectivity index (χ3n) is 6.82. The monoisotopic (exact) mass is 586 g/mol. The number of phenols is 2. The van der Waals surface area contributed by atoms with E-state index in [-0.39, 0.29) is 33.6 Å². The summed E-state index contributed by atoms with van der Waals surface area (Å²) in [6.07, 6.45) is -4.39. The number of fused-ring (bicyclic) bond motifs is 2. The van der Waals surface area contributed by atoms with E-state index in [1.54, 1.807) is 4.90 Å². The molecule has 40 heavy (non-hydrogen) atoms. The third-order valence-corrected chi connectivity index (χ3v) is 8.41. The largest absolute Gasteiger partial charge is 0.507 e. The number of thiocarbonyl (C=S) groups is 1. The molecule has 5 rings (SSSR count). The zero-order chi connectivity index (χ0) is 28.8. The van der Waals surface area contributed by atoms with E-state index in [1.165, 1.54) is 48.2 Å². The average Bonchev–Trinajstić information content (AvgIpc) is 2.93. The van der Waals surface area contributed by atoms with E-state index in [1.807, 2.05) is 4.90 Å². The van der Waals surface area contributed by atoms with Crippen molar-refractivity contribution in [2.75, 3.05) is 26.2 Å². The molecule has 1 fully saturated rings. The van der Waals surface area contributed by atoms with Crippen LogP contribution in [0.5, 0.6) is 11.5 Å². The van der Waals surface area contributed by atoms with Crippen LogP contribution in [0, 0.1) is 0 Å². The Morgan fingerprint density at radius 3 is 2.12 bits per heavy atom. The van der Waals surface area contributed by atoms with Crippen LogP contribution >= 0.6 is 24.0 Å². The standard InChI is InChI=1S/C28H21F3N2O5S2/c29-28(30,31)17-6-4-15(5-7-17)14-40-27(39)33-10-8-32(9-11-33)26(38)16-12-19-23(21(35)13-16)25(37)22-18(24(19)36)2-1-3-20(22)34/h1-7,12-13,34-35H,8-11,14H2. The molecule has 0 radical (unpaired) electrons. The number of hydrogen-bond acceptors (Lipinski definition) is 7. The second kappa shape index (κ2) is 10.6. The number of aromatic hydroxyl groups is 2. The van der Waals surface area contributed by atoms with Gasteiger partial charge in [0.05, 0.1) is 16.7 Å². The number of hydrogen-bond donors (Lipinski definition) is 2. The molecule has 2 N–H and O–H groups in total. The second-order valence-corrected chi connectivity index (χ2v) is 10.9. The summed E-state index contributed by atoms with van der Waals surface area (Å²) < 4.78 is 38.8. The number of thioether (sulfide) groups is 1. The molecule has 1 saturated heterocycles. The van der Waals surface area contributed by atoms with Crippen molar-refractivity contribution in [3.05, 3.63) is 93.5 Å². The molecule has 0 bridgehead atoms. The fourth-order valence-corrected chi connectivity index (χ4v) is 5.91. The van der Waals surface area contributed by atoms with Crippen molar-refractivity contribution < 1.29 is 37.8 Å². The predicted molar refractivity (Wildman–Crippen MR) is 146 cm³/mol. The summed E-state index contributed by atoms with van der Waals surface area (Å²) in [6.45, 7) is 1.46. The lowest BCUT2D eigenvalue weighted by Crippen LogP contribution is -2.49. The molecule has 1 amide bonds. The lowest BCUT2D eigenvalue weighted by molar-refractivity contribution is -0.137. The molecule has 0 saturated carbocycles. The van der Waals surface area contributed by atoms with E-state index >= 15 is 0 Å². The number of halogens is 3. The maximum atomic E-state index is 13.3. The number of phenolic OH excluding ortho intramolecular Hbond substituents is 2. The smallest absolute Gasteiger partial charge is 0.416 e. The Morgan fingerprint density at radius 2 is 1.48 bits per heavy atom. The van der Waals surface area contributed by atoms with E-state index in [9.17, 15) is 37.8 Å². The zero-order valence-corrected chi connectivity index (χ0v) is 22.3. The predicted octanol–water partition coefficient (Wildman–Crippen LogP) is 4.87. The fraction of sp³-hybridized carbons (Fsp3) is 0.214. The molecule has 0 spiro atoms. The molecule has 0 unspecified atom stereocenters. The molecule has 3 aromatic rings. The molecule has 12 heteroatoms. The van der Waals surface area contributed by atoms with Gasteiger partial charge in [-0.3, -0.25) is 14.4 Å². The van der Waals surface area contributed by atoms with Crippen LogP contribution in [-0.2, 0) is 11.9 Å². The highest BCUT2D eigenvalue weighted by Gasteiger charge is 2.36. The first kappa shape index (κ1) is 27.7. The van der Waals surface area contributed by atoms with E-state index < -0.39 is 35.0 Å². The average molecular weight is 587 g/mol. The lowest BCUT2D eigenvalue weighted by atomic mass is 9.82. The number of carbonyl (C=O) groups excluding carboxylic acids is 3. The number of benzene rings is 3. The van der Waals surface area contributed by atoms with Gasteiger partial charge in [-0.25, -0.2) is 0 Å². The van der Waals surface area contributed by atoms with Gasteiger partial charge in [0.1, 0.15) is 15.8 Å². The maximum absolute atomic E-state index is 13.3. The van der Waals surface area contributed by atoms with E-state index in [0.29, 0.717) is 41.8 Å². The molecule has 206 valence electrons. The molecule has 0 atom stereocenters. The van der Waals surface area contributed by atoms with Crippen LogP contribution < -0.4 is 0 Å². The van der Waals surface area contributed by atoms with Crippen LogP contribution in [0.25, 0.3) is 0 Å². The second-order valence-electron chi connectivity index (χ2n) is 9.30. The van der Waals surface area contributed by atoms with Crippen LogP contribution in [0.1, 0.15) is 53.3 Å². The summed E-state index contributed by atoms with van der Waals surface area (Å²) in [5, 5.41) is 20.7. The summed E-state index contributed by atoms with van der Waals surface area (Å²) in [7, 11) is 0. The van der Waals surface area contributed by atoms with E-state index in [4.69, 9.17) is 12.2 Å². The normalized spacial score (nSPS) is 15.1. The van der Waals surface area contributed by atoms with Crippen molar-refractivity contribution in [3.8, 4) is 11.5 Å². The molecule has 0 aromatic heterocycles. The van der Waals surface area contributed by atoms with Gasteiger partial charge in [0.2, 0.25) is 5.78 Å². The van der Waals surface area contributed by atoms with Gasteiger partial charge < -0.3 is 20.0 Å². The Balaban J connectivity index is 1.22. The van der Waals surface area contributed by atoms with Crippen LogP contribution in [-0.4, -0.2) is 68.0 Å². The fourth-order valence-electron chi connectivity index (χ4n) is 4.71. The van der Waals surface area contributed by atoms with Gasteiger partial charge in [0, 0.05) is 48.6 Å². The van der Waals surface area contributed by atoms with Crippen molar-refractivity contribution in [1.29, 1.82) is 0 Å². The first-order chi connectivity index (χ1) is 19.0. The molecule has 1 heterocycles. The number of alkyl halides is 3. The van der Waals surface area contributed by atoms with Crippen molar-refractivity contribution >= 4 is 45.8 Å². The lowest BCUT2D eigenvalue weighted by Gasteiger charge is -2.36. The summed E-state index contributed by atoms with van der Waals surface area (Å²) in [4.78, 5) is 42.7. The van der Waals surface area contributed by atoms with E-state index in [2.05, 4.69) is 0 Å². The minimum atomic E-state index is -4.39. The summed E-state index contributed by atoms with van der Waals surface area (Å²) >= 11 is 6.81. The first-order valence-corrected chi connectivity index (χ1v) is 13.5. The number of nitrogens with zero attached hydrogens (tertiary/aromatic N) is 2. The van der Waals surface area contributed by atoms with Crippen LogP contribution in [0.15, 0.2) is 54.6 Å². The minimum absolute atomic E-state index is 0.00239.